The summed E-state index contributed by atoms with van der Waals surface area (Å²) in [5.74, 6) is -1.22. The number of esters is 1. The molecule has 0 fully saturated rings. The molecule has 0 radical (unpaired) electrons. The molecular formula is C24H24N2O4S. The van der Waals surface area contributed by atoms with Gasteiger partial charge in [0.05, 0.1) is 12.2 Å². The maximum Gasteiger partial charge on any atom is 0.348 e. The number of benzene rings is 2. The number of ether oxygens (including phenoxy) is 1. The first-order valence-corrected chi connectivity index (χ1v) is 10.7. The van der Waals surface area contributed by atoms with Crippen molar-refractivity contribution in [2.45, 2.75) is 27.3 Å². The molecule has 3 aromatic rings. The van der Waals surface area contributed by atoms with E-state index in [0.717, 1.165) is 22.5 Å². The van der Waals surface area contributed by atoms with Gasteiger partial charge in [-0.3, -0.25) is 9.59 Å². The van der Waals surface area contributed by atoms with Crippen molar-refractivity contribution in [3.05, 3.63) is 87.3 Å². The minimum absolute atomic E-state index is 0.219. The summed E-state index contributed by atoms with van der Waals surface area (Å²) in [5, 5.41) is 6.00. The number of anilines is 1. The van der Waals surface area contributed by atoms with Crippen LogP contribution in [0.2, 0.25) is 0 Å². The fourth-order valence-electron chi connectivity index (χ4n) is 3.13. The number of amides is 2. The van der Waals surface area contributed by atoms with Crippen LogP contribution in [0.15, 0.2) is 54.6 Å². The lowest BCUT2D eigenvalue weighted by molar-refractivity contribution is 0.0531. The van der Waals surface area contributed by atoms with E-state index in [0.29, 0.717) is 27.5 Å². The van der Waals surface area contributed by atoms with Gasteiger partial charge in [0.25, 0.3) is 11.8 Å². The van der Waals surface area contributed by atoms with Crippen molar-refractivity contribution in [3.63, 3.8) is 0 Å². The maximum absolute atomic E-state index is 13.0. The molecule has 0 aliphatic heterocycles. The lowest BCUT2D eigenvalue weighted by Gasteiger charge is -2.10. The topological polar surface area (TPSA) is 84.5 Å². The van der Waals surface area contributed by atoms with E-state index in [9.17, 15) is 14.4 Å². The Morgan fingerprint density at radius 1 is 0.935 bits per heavy atom. The van der Waals surface area contributed by atoms with Crippen LogP contribution >= 0.6 is 11.3 Å². The molecule has 2 aromatic carbocycles. The Balaban J connectivity index is 1.91. The molecule has 0 saturated carbocycles. The SMILES string of the molecule is CCOC(=O)c1sc(NC(=O)c2ccccc2C)c(C(=O)NCc2ccccc2)c1C. The Bertz CT molecular complexity index is 1110. The predicted molar refractivity (Wildman–Crippen MR) is 122 cm³/mol. The third kappa shape index (κ3) is 5.19. The number of carbonyl (C=O) groups is 3. The van der Waals surface area contributed by atoms with E-state index in [4.69, 9.17) is 4.74 Å². The quantitative estimate of drug-likeness (QED) is 0.525. The van der Waals surface area contributed by atoms with E-state index in [1.807, 2.05) is 49.4 Å². The molecule has 3 rings (SSSR count). The minimum Gasteiger partial charge on any atom is -0.462 e. The summed E-state index contributed by atoms with van der Waals surface area (Å²) in [6.45, 7) is 5.79. The van der Waals surface area contributed by atoms with Crippen molar-refractivity contribution in [1.82, 2.24) is 5.32 Å². The van der Waals surface area contributed by atoms with Gasteiger partial charge in [0, 0.05) is 12.1 Å². The summed E-state index contributed by atoms with van der Waals surface area (Å²) in [4.78, 5) is 38.6. The average Bonchev–Trinajstić information content (AvgIpc) is 3.09. The van der Waals surface area contributed by atoms with E-state index >= 15 is 0 Å². The van der Waals surface area contributed by atoms with Crippen LogP contribution in [-0.2, 0) is 11.3 Å². The molecule has 2 N–H and O–H groups in total. The van der Waals surface area contributed by atoms with Gasteiger partial charge in [-0.1, -0.05) is 48.5 Å². The fourth-order valence-corrected chi connectivity index (χ4v) is 4.22. The van der Waals surface area contributed by atoms with Crippen molar-refractivity contribution < 1.29 is 19.1 Å². The zero-order valence-electron chi connectivity index (χ0n) is 17.7. The van der Waals surface area contributed by atoms with Crippen molar-refractivity contribution in [1.29, 1.82) is 0 Å². The molecule has 0 bridgehead atoms. The summed E-state index contributed by atoms with van der Waals surface area (Å²) in [6.07, 6.45) is 0. The van der Waals surface area contributed by atoms with Gasteiger partial charge in [0.1, 0.15) is 9.88 Å². The first kappa shape index (κ1) is 22.2. The highest BCUT2D eigenvalue weighted by molar-refractivity contribution is 7.18. The zero-order chi connectivity index (χ0) is 22.4. The van der Waals surface area contributed by atoms with Crippen LogP contribution in [0, 0.1) is 13.8 Å². The first-order valence-electron chi connectivity index (χ1n) is 9.92. The summed E-state index contributed by atoms with van der Waals surface area (Å²) < 4.78 is 5.12. The third-order valence-corrected chi connectivity index (χ3v) is 5.93. The van der Waals surface area contributed by atoms with E-state index in [-0.39, 0.29) is 24.0 Å². The van der Waals surface area contributed by atoms with Crippen LogP contribution in [0.4, 0.5) is 5.00 Å². The summed E-state index contributed by atoms with van der Waals surface area (Å²) in [6, 6.07) is 16.7. The van der Waals surface area contributed by atoms with Gasteiger partial charge in [-0.15, -0.1) is 11.3 Å². The van der Waals surface area contributed by atoms with Gasteiger partial charge in [-0.25, -0.2) is 4.79 Å². The highest BCUT2D eigenvalue weighted by atomic mass is 32.1. The number of carbonyl (C=O) groups excluding carboxylic acids is 3. The number of aryl methyl sites for hydroxylation is 1. The molecular weight excluding hydrogens is 412 g/mol. The van der Waals surface area contributed by atoms with Crippen LogP contribution in [0.25, 0.3) is 0 Å². The van der Waals surface area contributed by atoms with Gasteiger partial charge in [-0.2, -0.15) is 0 Å². The Kier molecular flexibility index (Phi) is 7.20. The highest BCUT2D eigenvalue weighted by Crippen LogP contribution is 2.34. The lowest BCUT2D eigenvalue weighted by atomic mass is 10.1. The predicted octanol–water partition coefficient (Wildman–Crippen LogP) is 4.72. The molecule has 1 heterocycles. The molecule has 0 saturated heterocycles. The largest absolute Gasteiger partial charge is 0.462 e. The second-order valence-electron chi connectivity index (χ2n) is 6.92. The summed E-state index contributed by atoms with van der Waals surface area (Å²) in [5.41, 5.74) is 3.01. The molecule has 0 spiro atoms. The second-order valence-corrected chi connectivity index (χ2v) is 7.94. The lowest BCUT2D eigenvalue weighted by Crippen LogP contribution is -2.25. The Morgan fingerprint density at radius 2 is 1.61 bits per heavy atom. The van der Waals surface area contributed by atoms with Gasteiger partial charge in [0.2, 0.25) is 0 Å². The Hall–Kier alpha value is -3.45. The van der Waals surface area contributed by atoms with E-state index in [1.165, 1.54) is 0 Å². The summed E-state index contributed by atoms with van der Waals surface area (Å²) in [7, 11) is 0. The van der Waals surface area contributed by atoms with Crippen molar-refractivity contribution in [2.75, 3.05) is 11.9 Å². The van der Waals surface area contributed by atoms with E-state index in [1.54, 1.807) is 26.0 Å². The molecule has 0 aliphatic rings. The second kappa shape index (κ2) is 10.0. The highest BCUT2D eigenvalue weighted by Gasteiger charge is 2.26. The molecule has 31 heavy (non-hydrogen) atoms. The van der Waals surface area contributed by atoms with Gasteiger partial charge >= 0.3 is 5.97 Å². The molecule has 0 atom stereocenters. The van der Waals surface area contributed by atoms with Crippen LogP contribution < -0.4 is 10.6 Å². The van der Waals surface area contributed by atoms with Crippen LogP contribution in [-0.4, -0.2) is 24.4 Å². The smallest absolute Gasteiger partial charge is 0.348 e. The molecule has 0 unspecified atom stereocenters. The Labute approximate surface area is 185 Å². The van der Waals surface area contributed by atoms with Gasteiger partial charge < -0.3 is 15.4 Å². The molecule has 160 valence electrons. The van der Waals surface area contributed by atoms with Crippen molar-refractivity contribution in [3.8, 4) is 0 Å². The molecule has 0 aliphatic carbocycles. The van der Waals surface area contributed by atoms with Crippen molar-refractivity contribution >= 4 is 34.1 Å². The molecule has 7 heteroatoms. The van der Waals surface area contributed by atoms with Crippen LogP contribution in [0.3, 0.4) is 0 Å². The van der Waals surface area contributed by atoms with Crippen LogP contribution in [0.5, 0.6) is 0 Å². The normalized spacial score (nSPS) is 10.4. The number of thiophene rings is 1. The number of hydrogen-bond acceptors (Lipinski definition) is 5. The zero-order valence-corrected chi connectivity index (χ0v) is 18.5. The molecule has 1 aromatic heterocycles. The fraction of sp³-hybridized carbons (Fsp3) is 0.208. The summed E-state index contributed by atoms with van der Waals surface area (Å²) >= 11 is 1.05. The third-order valence-electron chi connectivity index (χ3n) is 4.75. The monoisotopic (exact) mass is 436 g/mol. The minimum atomic E-state index is -0.515. The first-order chi connectivity index (χ1) is 14.9. The Morgan fingerprint density at radius 3 is 2.29 bits per heavy atom. The number of hydrogen-bond donors (Lipinski definition) is 2. The molecule has 6 nitrogen and oxygen atoms in total. The van der Waals surface area contributed by atoms with Gasteiger partial charge in [-0.05, 0) is 43.5 Å². The van der Waals surface area contributed by atoms with E-state index in [2.05, 4.69) is 10.6 Å². The van der Waals surface area contributed by atoms with Crippen molar-refractivity contribution in [2.24, 2.45) is 0 Å². The standard InChI is InChI=1S/C24H24N2O4S/c1-4-30-24(29)20-16(3)19(22(28)25-14-17-11-6-5-7-12-17)23(31-20)26-21(27)18-13-9-8-10-15(18)2/h5-13H,4,14H2,1-3H3,(H,25,28)(H,26,27). The average molecular weight is 437 g/mol. The number of nitrogens with one attached hydrogen (secondary N) is 2. The van der Waals surface area contributed by atoms with E-state index < -0.39 is 5.97 Å². The van der Waals surface area contributed by atoms with Crippen LogP contribution in [0.1, 0.15) is 54.0 Å². The number of rotatable bonds is 7. The van der Waals surface area contributed by atoms with Gasteiger partial charge in [0.15, 0.2) is 0 Å². The maximum atomic E-state index is 13.0. The molecule has 2 amide bonds.